The summed E-state index contributed by atoms with van der Waals surface area (Å²) < 4.78 is 10.3. The van der Waals surface area contributed by atoms with Crippen LogP contribution in [0, 0.1) is 0 Å². The number of primary amides is 1. The van der Waals surface area contributed by atoms with Gasteiger partial charge in [-0.25, -0.2) is 0 Å². The van der Waals surface area contributed by atoms with Crippen molar-refractivity contribution in [3.8, 4) is 11.5 Å². The van der Waals surface area contributed by atoms with Crippen LogP contribution in [0.3, 0.4) is 0 Å². The predicted molar refractivity (Wildman–Crippen MR) is 75.9 cm³/mol. The van der Waals surface area contributed by atoms with Crippen LogP contribution in [0.2, 0.25) is 5.02 Å². The van der Waals surface area contributed by atoms with Gasteiger partial charge in [0.2, 0.25) is 0 Å². The first-order valence-corrected chi connectivity index (χ1v) is 6.50. The standard InChI is InChI=1S/C13H19ClN2O4/c1-3-9(15)12(18)7-4-8(14)13(10(5-7)19-2)20-6-11(16)17/h4-5,9,12,18H,3,6,15H2,1-2H3,(H2,16,17). The van der Waals surface area contributed by atoms with Crippen LogP contribution in [-0.2, 0) is 4.79 Å². The molecule has 0 aliphatic carbocycles. The van der Waals surface area contributed by atoms with Crippen LogP contribution >= 0.6 is 11.6 Å². The molecule has 112 valence electrons. The normalized spacial score (nSPS) is 13.7. The van der Waals surface area contributed by atoms with Crippen molar-refractivity contribution in [3.05, 3.63) is 22.7 Å². The SMILES string of the molecule is CCC(N)C(O)c1cc(Cl)c(OCC(N)=O)c(OC)c1. The lowest BCUT2D eigenvalue weighted by Gasteiger charge is -2.20. The van der Waals surface area contributed by atoms with Crippen molar-refractivity contribution in [1.82, 2.24) is 0 Å². The molecule has 0 aromatic heterocycles. The monoisotopic (exact) mass is 302 g/mol. The number of benzene rings is 1. The third-order valence-electron chi connectivity index (χ3n) is 2.83. The van der Waals surface area contributed by atoms with Gasteiger partial charge in [-0.05, 0) is 24.1 Å². The number of hydrogen-bond acceptors (Lipinski definition) is 5. The number of ether oxygens (including phenoxy) is 2. The summed E-state index contributed by atoms with van der Waals surface area (Å²) >= 11 is 6.08. The number of nitrogens with two attached hydrogens (primary N) is 2. The molecule has 0 radical (unpaired) electrons. The van der Waals surface area contributed by atoms with E-state index in [9.17, 15) is 9.90 Å². The summed E-state index contributed by atoms with van der Waals surface area (Å²) in [5, 5.41) is 10.3. The van der Waals surface area contributed by atoms with Crippen molar-refractivity contribution in [2.45, 2.75) is 25.5 Å². The van der Waals surface area contributed by atoms with Crippen LogP contribution < -0.4 is 20.9 Å². The number of halogens is 1. The second-order valence-electron chi connectivity index (χ2n) is 4.31. The third-order valence-corrected chi connectivity index (χ3v) is 3.11. The highest BCUT2D eigenvalue weighted by Crippen LogP contribution is 2.38. The molecule has 1 aromatic carbocycles. The number of methoxy groups -OCH3 is 1. The highest BCUT2D eigenvalue weighted by Gasteiger charge is 2.20. The van der Waals surface area contributed by atoms with Gasteiger partial charge in [-0.15, -0.1) is 0 Å². The summed E-state index contributed by atoms with van der Waals surface area (Å²) in [5.41, 5.74) is 11.3. The molecule has 0 fully saturated rings. The fraction of sp³-hybridized carbons (Fsp3) is 0.462. The summed E-state index contributed by atoms with van der Waals surface area (Å²) in [5.74, 6) is -0.120. The zero-order valence-electron chi connectivity index (χ0n) is 11.4. The Labute approximate surface area is 122 Å². The highest BCUT2D eigenvalue weighted by atomic mass is 35.5. The van der Waals surface area contributed by atoms with Gasteiger partial charge in [-0.1, -0.05) is 18.5 Å². The zero-order valence-corrected chi connectivity index (χ0v) is 12.2. The highest BCUT2D eigenvalue weighted by molar-refractivity contribution is 6.32. The summed E-state index contributed by atoms with van der Waals surface area (Å²) in [6, 6.07) is 2.69. The van der Waals surface area contributed by atoms with Crippen molar-refractivity contribution in [2.75, 3.05) is 13.7 Å². The van der Waals surface area contributed by atoms with Gasteiger partial charge in [0.15, 0.2) is 18.1 Å². The van der Waals surface area contributed by atoms with Crippen LogP contribution in [0.1, 0.15) is 25.0 Å². The predicted octanol–water partition coefficient (Wildman–Crippen LogP) is 0.983. The smallest absolute Gasteiger partial charge is 0.255 e. The van der Waals surface area contributed by atoms with E-state index in [0.29, 0.717) is 17.7 Å². The Morgan fingerprint density at radius 1 is 1.50 bits per heavy atom. The minimum atomic E-state index is -0.864. The van der Waals surface area contributed by atoms with E-state index in [0.717, 1.165) is 0 Å². The molecule has 2 unspecified atom stereocenters. The maximum Gasteiger partial charge on any atom is 0.255 e. The molecular formula is C13H19ClN2O4. The van der Waals surface area contributed by atoms with E-state index in [4.69, 9.17) is 32.5 Å². The molecule has 0 aliphatic rings. The van der Waals surface area contributed by atoms with Gasteiger partial charge < -0.3 is 26.0 Å². The number of aliphatic hydroxyl groups excluding tert-OH is 1. The number of carbonyl (C=O) groups is 1. The Balaban J connectivity index is 3.09. The van der Waals surface area contributed by atoms with Crippen molar-refractivity contribution in [3.63, 3.8) is 0 Å². The summed E-state index contributed by atoms with van der Waals surface area (Å²) in [4.78, 5) is 10.7. The quantitative estimate of drug-likeness (QED) is 0.696. The summed E-state index contributed by atoms with van der Waals surface area (Å²) in [6.45, 7) is 1.56. The fourth-order valence-corrected chi connectivity index (χ4v) is 1.94. The Morgan fingerprint density at radius 3 is 2.65 bits per heavy atom. The van der Waals surface area contributed by atoms with Crippen LogP contribution in [0.15, 0.2) is 12.1 Å². The first-order valence-electron chi connectivity index (χ1n) is 6.12. The van der Waals surface area contributed by atoms with E-state index in [1.807, 2.05) is 6.92 Å². The molecule has 2 atom stereocenters. The van der Waals surface area contributed by atoms with Gasteiger partial charge in [-0.3, -0.25) is 4.79 Å². The Kier molecular flexibility index (Phi) is 6.06. The average molecular weight is 303 g/mol. The molecule has 0 saturated carbocycles. The number of carbonyl (C=O) groups excluding carboxylic acids is 1. The van der Waals surface area contributed by atoms with Crippen LogP contribution in [0.5, 0.6) is 11.5 Å². The van der Waals surface area contributed by atoms with Crippen molar-refractivity contribution in [2.24, 2.45) is 11.5 Å². The second-order valence-corrected chi connectivity index (χ2v) is 4.71. The Morgan fingerprint density at radius 2 is 2.15 bits per heavy atom. The van der Waals surface area contributed by atoms with Gasteiger partial charge in [0, 0.05) is 6.04 Å². The van der Waals surface area contributed by atoms with Crippen LogP contribution in [0.25, 0.3) is 0 Å². The molecule has 5 N–H and O–H groups in total. The molecule has 7 heteroatoms. The van der Waals surface area contributed by atoms with Gasteiger partial charge in [0.25, 0.3) is 5.91 Å². The molecule has 6 nitrogen and oxygen atoms in total. The maximum absolute atomic E-state index is 10.7. The zero-order chi connectivity index (χ0) is 15.3. The average Bonchev–Trinajstić information content (AvgIpc) is 2.43. The summed E-state index contributed by atoms with van der Waals surface area (Å²) in [6.07, 6.45) is -0.252. The number of aliphatic hydroxyl groups is 1. The molecule has 0 heterocycles. The lowest BCUT2D eigenvalue weighted by molar-refractivity contribution is -0.119. The van der Waals surface area contributed by atoms with E-state index in [-0.39, 0.29) is 17.4 Å². The van der Waals surface area contributed by atoms with E-state index >= 15 is 0 Å². The van der Waals surface area contributed by atoms with E-state index < -0.39 is 18.1 Å². The second kappa shape index (κ2) is 7.33. The molecule has 0 bridgehead atoms. The number of amides is 1. The largest absolute Gasteiger partial charge is 0.493 e. The van der Waals surface area contributed by atoms with E-state index in [2.05, 4.69) is 0 Å². The van der Waals surface area contributed by atoms with Gasteiger partial charge in [0.05, 0.1) is 18.2 Å². The lowest BCUT2D eigenvalue weighted by atomic mass is 10.0. The first kappa shape index (κ1) is 16.6. The van der Waals surface area contributed by atoms with Crippen LogP contribution in [0.4, 0.5) is 0 Å². The van der Waals surface area contributed by atoms with Crippen molar-refractivity contribution < 1.29 is 19.4 Å². The minimum Gasteiger partial charge on any atom is -0.493 e. The molecule has 0 spiro atoms. The van der Waals surface area contributed by atoms with E-state index in [1.165, 1.54) is 13.2 Å². The van der Waals surface area contributed by atoms with Gasteiger partial charge in [0.1, 0.15) is 0 Å². The van der Waals surface area contributed by atoms with Crippen molar-refractivity contribution in [1.29, 1.82) is 0 Å². The van der Waals surface area contributed by atoms with E-state index in [1.54, 1.807) is 6.07 Å². The maximum atomic E-state index is 10.7. The minimum absolute atomic E-state index is 0.203. The first-order chi connectivity index (χ1) is 9.40. The van der Waals surface area contributed by atoms with Crippen LogP contribution in [-0.4, -0.2) is 30.8 Å². The molecular weight excluding hydrogens is 284 g/mol. The molecule has 20 heavy (non-hydrogen) atoms. The van der Waals surface area contributed by atoms with Crippen molar-refractivity contribution >= 4 is 17.5 Å². The Bertz CT molecular complexity index is 482. The van der Waals surface area contributed by atoms with Gasteiger partial charge >= 0.3 is 0 Å². The topological polar surface area (TPSA) is 108 Å². The fourth-order valence-electron chi connectivity index (χ4n) is 1.66. The molecule has 1 rings (SSSR count). The van der Waals surface area contributed by atoms with Gasteiger partial charge in [-0.2, -0.15) is 0 Å². The number of hydrogen-bond donors (Lipinski definition) is 3. The third kappa shape index (κ3) is 4.00. The summed E-state index contributed by atoms with van der Waals surface area (Å²) in [7, 11) is 1.43. The lowest BCUT2D eigenvalue weighted by Crippen LogP contribution is -2.27. The molecule has 0 saturated heterocycles. The molecule has 0 aliphatic heterocycles. The molecule has 1 amide bonds. The Hall–Kier alpha value is -1.50. The molecule has 1 aromatic rings. The number of rotatable bonds is 7.